The number of benzene rings is 3. The van der Waals surface area contributed by atoms with Gasteiger partial charge >= 0.3 is 5.76 Å². The molecule has 0 saturated heterocycles. The minimum Gasteiger partial charge on any atom is -0.455 e. The molecule has 10 heteroatoms. The maximum absolute atomic E-state index is 13.6. The van der Waals surface area contributed by atoms with E-state index in [1.807, 2.05) is 57.4 Å². The van der Waals surface area contributed by atoms with Crippen molar-refractivity contribution in [2.45, 2.75) is 26.8 Å². The molecule has 0 saturated carbocycles. The molecule has 0 spiro atoms. The summed E-state index contributed by atoms with van der Waals surface area (Å²) in [6.45, 7) is 5.71. The Labute approximate surface area is 227 Å². The normalized spacial score (nSPS) is 12.3. The van der Waals surface area contributed by atoms with E-state index in [2.05, 4.69) is 20.6 Å². The van der Waals surface area contributed by atoms with Crippen LogP contribution in [0, 0.1) is 13.8 Å². The maximum Gasteiger partial charge on any atom is 0.439 e. The molecule has 1 atom stereocenters. The lowest BCUT2D eigenvalue weighted by Crippen LogP contribution is -2.13. The number of nitrogens with zero attached hydrogens (tertiary/aromatic N) is 3. The fraction of sp³-hybridized carbons (Fsp3) is 0.172. The third-order valence-corrected chi connectivity index (χ3v) is 7.02. The molecule has 0 aliphatic heterocycles. The fourth-order valence-corrected chi connectivity index (χ4v) is 5.12. The number of rotatable bonds is 5. The molecule has 196 valence electrons. The van der Waals surface area contributed by atoms with Gasteiger partial charge in [0.25, 0.3) is 0 Å². The first kappa shape index (κ1) is 24.7. The average Bonchev–Trinajstić information content (AvgIpc) is 3.50. The van der Waals surface area contributed by atoms with E-state index in [-0.39, 0.29) is 17.3 Å². The molecule has 3 aromatic heterocycles. The summed E-state index contributed by atoms with van der Waals surface area (Å²) in [5, 5.41) is 13.7. The first-order valence-electron chi connectivity index (χ1n) is 12.3. The van der Waals surface area contributed by atoms with Gasteiger partial charge in [0, 0.05) is 51.6 Å². The highest BCUT2D eigenvalue weighted by Crippen LogP contribution is 2.35. The number of aryl methyl sites for hydroxylation is 2. The molecule has 0 unspecified atom stereocenters. The minimum atomic E-state index is -0.664. The van der Waals surface area contributed by atoms with E-state index in [0.717, 1.165) is 27.6 Å². The van der Waals surface area contributed by atoms with Crippen LogP contribution in [0.25, 0.3) is 44.6 Å². The van der Waals surface area contributed by atoms with Crippen LogP contribution in [-0.4, -0.2) is 19.9 Å². The number of aromatic amines is 1. The lowest BCUT2D eigenvalue weighted by atomic mass is 9.98. The Morgan fingerprint density at radius 2 is 1.90 bits per heavy atom. The van der Waals surface area contributed by atoms with Crippen LogP contribution in [0.1, 0.15) is 29.7 Å². The van der Waals surface area contributed by atoms with E-state index in [0.29, 0.717) is 38.6 Å². The van der Waals surface area contributed by atoms with Crippen LogP contribution in [0.5, 0.6) is 0 Å². The molecule has 0 bridgehead atoms. The molecule has 9 nitrogen and oxygen atoms in total. The van der Waals surface area contributed by atoms with E-state index >= 15 is 0 Å². The Balaban J connectivity index is 1.49. The van der Waals surface area contributed by atoms with E-state index in [1.165, 1.54) is 0 Å². The van der Waals surface area contributed by atoms with Crippen LogP contribution in [0.4, 0.5) is 5.69 Å². The number of H-pyrrole nitrogens is 1. The molecular weight excluding hydrogens is 518 g/mol. The van der Waals surface area contributed by atoms with Gasteiger partial charge in [0.2, 0.25) is 0 Å². The first-order chi connectivity index (χ1) is 18.7. The molecule has 3 aromatic carbocycles. The molecule has 3 heterocycles. The Morgan fingerprint density at radius 3 is 2.67 bits per heavy atom. The maximum atomic E-state index is 13.6. The van der Waals surface area contributed by atoms with Crippen molar-refractivity contribution in [2.24, 2.45) is 7.05 Å². The van der Waals surface area contributed by atoms with Crippen molar-refractivity contribution in [3.8, 4) is 22.7 Å². The second-order valence-electron chi connectivity index (χ2n) is 9.69. The van der Waals surface area contributed by atoms with Crippen molar-refractivity contribution in [3.63, 3.8) is 0 Å². The van der Waals surface area contributed by atoms with Crippen molar-refractivity contribution in [2.75, 3.05) is 5.32 Å². The SMILES string of the molecule is Cc1cc([C@@H](C)Nc2ccc(Cl)cc2-c2noc(=O)[nH]2)c2oc(-c3ccc4nn(C)cc4c3)c(C)c(=O)c2c1. The van der Waals surface area contributed by atoms with Crippen molar-refractivity contribution in [3.05, 3.63) is 97.2 Å². The van der Waals surface area contributed by atoms with Gasteiger partial charge in [0.05, 0.1) is 16.9 Å². The topological polar surface area (TPSA) is 119 Å². The Kier molecular flexibility index (Phi) is 5.88. The summed E-state index contributed by atoms with van der Waals surface area (Å²) in [7, 11) is 1.87. The molecule has 2 N–H and O–H groups in total. The molecular formula is C29H24ClN5O4. The van der Waals surface area contributed by atoms with Gasteiger partial charge in [0.15, 0.2) is 11.3 Å². The molecule has 39 heavy (non-hydrogen) atoms. The van der Waals surface area contributed by atoms with Gasteiger partial charge < -0.3 is 9.73 Å². The number of hydrogen-bond donors (Lipinski definition) is 2. The number of hydrogen-bond acceptors (Lipinski definition) is 7. The van der Waals surface area contributed by atoms with E-state index < -0.39 is 5.76 Å². The van der Waals surface area contributed by atoms with Gasteiger partial charge in [-0.3, -0.25) is 19.0 Å². The molecule has 6 aromatic rings. The molecule has 0 fully saturated rings. The fourth-order valence-electron chi connectivity index (χ4n) is 4.95. The highest BCUT2D eigenvalue weighted by atomic mass is 35.5. The lowest BCUT2D eigenvalue weighted by molar-refractivity contribution is 0.388. The van der Waals surface area contributed by atoms with Crippen molar-refractivity contribution in [1.29, 1.82) is 0 Å². The molecule has 6 rings (SSSR count). The number of anilines is 1. The average molecular weight is 542 g/mol. The summed E-state index contributed by atoms with van der Waals surface area (Å²) < 4.78 is 13.0. The zero-order valence-corrected chi connectivity index (χ0v) is 22.4. The Morgan fingerprint density at radius 1 is 1.08 bits per heavy atom. The van der Waals surface area contributed by atoms with Crippen LogP contribution in [0.3, 0.4) is 0 Å². The van der Waals surface area contributed by atoms with Crippen LogP contribution in [-0.2, 0) is 7.05 Å². The second-order valence-corrected chi connectivity index (χ2v) is 10.1. The predicted molar refractivity (Wildman–Crippen MR) is 151 cm³/mol. The highest BCUT2D eigenvalue weighted by Gasteiger charge is 2.21. The van der Waals surface area contributed by atoms with Crippen LogP contribution >= 0.6 is 11.6 Å². The number of aromatic nitrogens is 4. The number of fused-ring (bicyclic) bond motifs is 2. The number of nitrogens with one attached hydrogen (secondary N) is 2. The summed E-state index contributed by atoms with van der Waals surface area (Å²) in [5.74, 6) is 0.104. The third-order valence-electron chi connectivity index (χ3n) is 6.79. The lowest BCUT2D eigenvalue weighted by Gasteiger charge is -2.20. The predicted octanol–water partition coefficient (Wildman–Crippen LogP) is 6.13. The zero-order chi connectivity index (χ0) is 27.4. The molecule has 0 aliphatic carbocycles. The van der Waals surface area contributed by atoms with Crippen molar-refractivity contribution in [1.82, 2.24) is 19.9 Å². The van der Waals surface area contributed by atoms with E-state index in [1.54, 1.807) is 29.8 Å². The van der Waals surface area contributed by atoms with Gasteiger partial charge in [-0.15, -0.1) is 0 Å². The van der Waals surface area contributed by atoms with Crippen LogP contribution in [0.15, 0.2) is 73.3 Å². The summed E-state index contributed by atoms with van der Waals surface area (Å²) >= 11 is 6.24. The van der Waals surface area contributed by atoms with Crippen molar-refractivity contribution >= 4 is 39.2 Å². The molecule has 0 amide bonds. The third kappa shape index (κ3) is 4.40. The van der Waals surface area contributed by atoms with Crippen LogP contribution < -0.4 is 16.5 Å². The van der Waals surface area contributed by atoms with Gasteiger partial charge in [-0.1, -0.05) is 22.8 Å². The van der Waals surface area contributed by atoms with Gasteiger partial charge in [-0.2, -0.15) is 5.10 Å². The second kappa shape index (κ2) is 9.28. The summed E-state index contributed by atoms with van der Waals surface area (Å²) in [6.07, 6.45) is 1.93. The largest absolute Gasteiger partial charge is 0.455 e. The number of halogens is 1. The highest BCUT2D eigenvalue weighted by molar-refractivity contribution is 6.31. The first-order valence-corrected chi connectivity index (χ1v) is 12.7. The van der Waals surface area contributed by atoms with E-state index in [9.17, 15) is 9.59 Å². The summed E-state index contributed by atoms with van der Waals surface area (Å²) in [5.41, 5.74) is 5.60. The quantitative estimate of drug-likeness (QED) is 0.269. The Hall–Kier alpha value is -4.63. The summed E-state index contributed by atoms with van der Waals surface area (Å²) in [4.78, 5) is 27.7. The monoisotopic (exact) mass is 541 g/mol. The van der Waals surface area contributed by atoms with Gasteiger partial charge in [-0.25, -0.2) is 4.79 Å². The van der Waals surface area contributed by atoms with Gasteiger partial charge in [0.1, 0.15) is 11.3 Å². The Bertz CT molecular complexity index is 2020. The molecule has 0 aliphatic rings. The van der Waals surface area contributed by atoms with Gasteiger partial charge in [-0.05, 0) is 68.8 Å². The minimum absolute atomic E-state index is 0.0814. The van der Waals surface area contributed by atoms with E-state index in [4.69, 9.17) is 20.5 Å². The zero-order valence-electron chi connectivity index (χ0n) is 21.6. The summed E-state index contributed by atoms with van der Waals surface area (Å²) in [6, 6.07) is 14.6. The van der Waals surface area contributed by atoms with Crippen LogP contribution in [0.2, 0.25) is 5.02 Å². The van der Waals surface area contributed by atoms with Crippen molar-refractivity contribution < 1.29 is 8.94 Å². The molecule has 0 radical (unpaired) electrons. The standard InChI is InChI=1S/C29H24ClN5O4/c1-14-9-20(16(3)31-24-8-6-19(30)12-21(24)28-32-29(37)39-34-28)27-22(10-14)25(36)15(2)26(38-27)17-5-7-23-18(11-17)13-35(4)33-23/h5-13,16,31H,1-4H3,(H,32,34,37)/t16-/m1/s1. The smallest absolute Gasteiger partial charge is 0.439 e.